The number of hydrogen-bond acceptors (Lipinski definition) is 2. The Hall–Kier alpha value is -1.35. The van der Waals surface area contributed by atoms with E-state index in [1.165, 1.54) is 0 Å². The molecule has 0 amide bonds. The Labute approximate surface area is 99.0 Å². The van der Waals surface area contributed by atoms with Crippen LogP contribution in [0.5, 0.6) is 0 Å². The van der Waals surface area contributed by atoms with Crippen LogP contribution in [-0.2, 0) is 6.54 Å². The quantitative estimate of drug-likeness (QED) is 0.606. The van der Waals surface area contributed by atoms with Gasteiger partial charge in [0.05, 0.1) is 0 Å². The molecule has 2 aromatic heterocycles. The first kappa shape index (κ1) is 11.1. The molecule has 0 aliphatic heterocycles. The van der Waals surface area contributed by atoms with Crippen LogP contribution in [0.4, 0.5) is 0 Å². The van der Waals surface area contributed by atoms with Crippen molar-refractivity contribution in [2.24, 2.45) is 5.92 Å². The van der Waals surface area contributed by atoms with Crippen molar-refractivity contribution in [2.75, 3.05) is 0 Å². The molecule has 2 heterocycles. The fourth-order valence-electron chi connectivity index (χ4n) is 1.79. The topological polar surface area (TPSA) is 34.9 Å². The van der Waals surface area contributed by atoms with Gasteiger partial charge < -0.3 is 4.57 Å². The standard InChI is InChI=1S/C12H13ClN2O/c1-8(2)6-15-4-3-10-9(7-16)5-11(13)14-12(10)15/h3-5,7-8H,6H2,1-2H3. The minimum atomic E-state index is 0.360. The molecule has 0 bridgehead atoms. The molecular formula is C12H13ClN2O. The van der Waals surface area contributed by atoms with Crippen molar-refractivity contribution in [2.45, 2.75) is 20.4 Å². The molecule has 4 heteroatoms. The summed E-state index contributed by atoms with van der Waals surface area (Å²) in [6, 6.07) is 3.50. The van der Waals surface area contributed by atoms with Crippen molar-refractivity contribution in [1.29, 1.82) is 0 Å². The van der Waals surface area contributed by atoms with Crippen LogP contribution in [0, 0.1) is 5.92 Å². The second-order valence-corrected chi connectivity index (χ2v) is 4.64. The van der Waals surface area contributed by atoms with Gasteiger partial charge in [-0.2, -0.15) is 0 Å². The second-order valence-electron chi connectivity index (χ2n) is 4.25. The van der Waals surface area contributed by atoms with Crippen molar-refractivity contribution < 1.29 is 4.79 Å². The van der Waals surface area contributed by atoms with Crippen molar-refractivity contribution in [3.8, 4) is 0 Å². The van der Waals surface area contributed by atoms with E-state index in [-0.39, 0.29) is 0 Å². The number of nitrogens with zero attached hydrogens (tertiary/aromatic N) is 2. The minimum absolute atomic E-state index is 0.360. The molecule has 0 spiro atoms. The number of pyridine rings is 1. The summed E-state index contributed by atoms with van der Waals surface area (Å²) < 4.78 is 2.03. The summed E-state index contributed by atoms with van der Waals surface area (Å²) in [5.74, 6) is 0.524. The van der Waals surface area contributed by atoms with Crippen LogP contribution in [0.3, 0.4) is 0 Å². The number of aldehydes is 1. The highest BCUT2D eigenvalue weighted by Crippen LogP contribution is 2.21. The fraction of sp³-hybridized carbons (Fsp3) is 0.333. The molecule has 0 saturated carbocycles. The Balaban J connectivity index is 2.62. The van der Waals surface area contributed by atoms with E-state index in [1.54, 1.807) is 6.07 Å². The van der Waals surface area contributed by atoms with Crippen LogP contribution in [0.25, 0.3) is 11.0 Å². The predicted octanol–water partition coefficient (Wildman–Crippen LogP) is 3.16. The number of fused-ring (bicyclic) bond motifs is 1. The number of halogens is 1. The van der Waals surface area contributed by atoms with Crippen molar-refractivity contribution >= 4 is 28.9 Å². The lowest BCUT2D eigenvalue weighted by Gasteiger charge is -2.07. The van der Waals surface area contributed by atoms with E-state index in [1.807, 2.05) is 16.8 Å². The van der Waals surface area contributed by atoms with Gasteiger partial charge in [0.15, 0.2) is 6.29 Å². The Bertz CT molecular complexity index is 531. The molecule has 0 unspecified atom stereocenters. The highest BCUT2D eigenvalue weighted by Gasteiger charge is 2.09. The maximum Gasteiger partial charge on any atom is 0.150 e. The molecular weight excluding hydrogens is 224 g/mol. The van der Waals surface area contributed by atoms with Gasteiger partial charge in [-0.3, -0.25) is 4.79 Å². The summed E-state index contributed by atoms with van der Waals surface area (Å²) >= 11 is 5.88. The first-order valence-corrected chi connectivity index (χ1v) is 5.60. The van der Waals surface area contributed by atoms with Gasteiger partial charge in [-0.1, -0.05) is 25.4 Å². The highest BCUT2D eigenvalue weighted by atomic mass is 35.5. The predicted molar refractivity (Wildman–Crippen MR) is 65.0 cm³/mol. The van der Waals surface area contributed by atoms with Gasteiger partial charge in [0.1, 0.15) is 10.8 Å². The Morgan fingerprint density at radius 3 is 2.94 bits per heavy atom. The van der Waals surface area contributed by atoms with Gasteiger partial charge in [-0.15, -0.1) is 0 Å². The molecule has 2 aromatic rings. The highest BCUT2D eigenvalue weighted by molar-refractivity contribution is 6.30. The van der Waals surface area contributed by atoms with Crippen LogP contribution in [0.15, 0.2) is 18.3 Å². The molecule has 0 atom stereocenters. The van der Waals surface area contributed by atoms with Crippen molar-refractivity contribution in [1.82, 2.24) is 9.55 Å². The lowest BCUT2D eigenvalue weighted by atomic mass is 10.2. The minimum Gasteiger partial charge on any atom is -0.332 e. The lowest BCUT2D eigenvalue weighted by Crippen LogP contribution is -2.04. The van der Waals surface area contributed by atoms with Gasteiger partial charge in [0.2, 0.25) is 0 Å². The summed E-state index contributed by atoms with van der Waals surface area (Å²) in [7, 11) is 0. The van der Waals surface area contributed by atoms with Gasteiger partial charge in [-0.05, 0) is 18.1 Å². The van der Waals surface area contributed by atoms with E-state index in [9.17, 15) is 4.79 Å². The molecule has 0 radical (unpaired) electrons. The first-order valence-electron chi connectivity index (χ1n) is 5.22. The summed E-state index contributed by atoms with van der Waals surface area (Å²) in [5, 5.41) is 1.22. The monoisotopic (exact) mass is 236 g/mol. The van der Waals surface area contributed by atoms with Crippen LogP contribution >= 0.6 is 11.6 Å². The zero-order valence-electron chi connectivity index (χ0n) is 9.27. The summed E-state index contributed by atoms with van der Waals surface area (Å²) in [4.78, 5) is 15.2. The van der Waals surface area contributed by atoms with E-state index in [2.05, 4.69) is 18.8 Å². The lowest BCUT2D eigenvalue weighted by molar-refractivity contribution is 0.112. The van der Waals surface area contributed by atoms with Crippen LogP contribution in [0.1, 0.15) is 24.2 Å². The van der Waals surface area contributed by atoms with Crippen LogP contribution in [0.2, 0.25) is 5.15 Å². The fourth-order valence-corrected chi connectivity index (χ4v) is 1.99. The number of carbonyl (C=O) groups excluding carboxylic acids is 1. The van der Waals surface area contributed by atoms with Gasteiger partial charge in [0, 0.05) is 23.7 Å². The molecule has 0 saturated heterocycles. The third-order valence-corrected chi connectivity index (χ3v) is 2.61. The first-order chi connectivity index (χ1) is 7.61. The Morgan fingerprint density at radius 2 is 2.31 bits per heavy atom. The SMILES string of the molecule is CC(C)Cn1ccc2c(C=O)cc(Cl)nc21. The molecule has 16 heavy (non-hydrogen) atoms. The summed E-state index contributed by atoms with van der Waals surface area (Å²) in [6.45, 7) is 5.14. The van der Waals surface area contributed by atoms with Gasteiger partial charge >= 0.3 is 0 Å². The molecule has 0 aliphatic carbocycles. The molecule has 84 valence electrons. The molecule has 0 N–H and O–H groups in total. The maximum atomic E-state index is 10.9. The zero-order valence-corrected chi connectivity index (χ0v) is 10.0. The number of aromatic nitrogens is 2. The van der Waals surface area contributed by atoms with Crippen LogP contribution < -0.4 is 0 Å². The second kappa shape index (κ2) is 4.26. The number of hydrogen-bond donors (Lipinski definition) is 0. The van der Waals surface area contributed by atoms with E-state index in [0.717, 1.165) is 23.9 Å². The molecule has 0 fully saturated rings. The van der Waals surface area contributed by atoms with Crippen molar-refractivity contribution in [3.05, 3.63) is 29.0 Å². The third kappa shape index (κ3) is 1.95. The summed E-state index contributed by atoms with van der Waals surface area (Å²) in [6.07, 6.45) is 2.76. The van der Waals surface area contributed by atoms with E-state index in [4.69, 9.17) is 11.6 Å². The van der Waals surface area contributed by atoms with Gasteiger partial charge in [-0.25, -0.2) is 4.98 Å². The summed E-state index contributed by atoms with van der Waals surface area (Å²) in [5.41, 5.74) is 1.38. The van der Waals surface area contributed by atoms with Gasteiger partial charge in [0.25, 0.3) is 0 Å². The average Bonchev–Trinajstić information content (AvgIpc) is 2.59. The largest absolute Gasteiger partial charge is 0.332 e. The molecule has 0 aromatic carbocycles. The molecule has 3 nitrogen and oxygen atoms in total. The van der Waals surface area contributed by atoms with Crippen LogP contribution in [-0.4, -0.2) is 15.8 Å². The molecule has 2 rings (SSSR count). The average molecular weight is 237 g/mol. The Morgan fingerprint density at radius 1 is 1.56 bits per heavy atom. The normalized spacial score (nSPS) is 11.2. The van der Waals surface area contributed by atoms with E-state index in [0.29, 0.717) is 16.6 Å². The maximum absolute atomic E-state index is 10.9. The van der Waals surface area contributed by atoms with E-state index < -0.39 is 0 Å². The zero-order chi connectivity index (χ0) is 11.7. The number of carbonyl (C=O) groups is 1. The smallest absolute Gasteiger partial charge is 0.150 e. The Kier molecular flexibility index (Phi) is 2.97. The third-order valence-electron chi connectivity index (χ3n) is 2.42. The van der Waals surface area contributed by atoms with E-state index >= 15 is 0 Å². The molecule has 0 aliphatic rings. The number of rotatable bonds is 3. The van der Waals surface area contributed by atoms with Crippen molar-refractivity contribution in [3.63, 3.8) is 0 Å².